The first kappa shape index (κ1) is 12.9. The first-order valence-electron chi connectivity index (χ1n) is 5.51. The molecule has 1 atom stereocenters. The van der Waals surface area contributed by atoms with Gasteiger partial charge in [-0.25, -0.2) is 8.42 Å². The van der Waals surface area contributed by atoms with Crippen LogP contribution in [-0.4, -0.2) is 45.2 Å². The van der Waals surface area contributed by atoms with Gasteiger partial charge in [0.25, 0.3) is 0 Å². The molecule has 0 saturated carbocycles. The van der Waals surface area contributed by atoms with Crippen LogP contribution in [0.5, 0.6) is 0 Å². The zero-order valence-electron chi connectivity index (χ0n) is 9.58. The summed E-state index contributed by atoms with van der Waals surface area (Å²) in [6.07, 6.45) is 1.69. The fraction of sp³-hybridized carbons (Fsp3) is 1.00. The standard InChI is InChI=1S/C10H21NO3S/c1-3-15(12,13)8-4-6-11-10(2)5-7-14-9-10/h11H,3-9H2,1-2H3. The van der Waals surface area contributed by atoms with Gasteiger partial charge in [0.2, 0.25) is 0 Å². The molecule has 1 heterocycles. The first-order valence-corrected chi connectivity index (χ1v) is 7.33. The van der Waals surface area contributed by atoms with Gasteiger partial charge in [-0.2, -0.15) is 0 Å². The Morgan fingerprint density at radius 3 is 2.73 bits per heavy atom. The van der Waals surface area contributed by atoms with Gasteiger partial charge in [0.1, 0.15) is 9.84 Å². The smallest absolute Gasteiger partial charge is 0.150 e. The van der Waals surface area contributed by atoms with Gasteiger partial charge in [0.15, 0.2) is 0 Å². The van der Waals surface area contributed by atoms with Gasteiger partial charge < -0.3 is 10.1 Å². The van der Waals surface area contributed by atoms with Gasteiger partial charge in [0, 0.05) is 17.9 Å². The second kappa shape index (κ2) is 5.27. The van der Waals surface area contributed by atoms with E-state index in [4.69, 9.17) is 4.74 Å². The summed E-state index contributed by atoms with van der Waals surface area (Å²) in [5.74, 6) is 0.529. The third-order valence-electron chi connectivity index (χ3n) is 2.84. The topological polar surface area (TPSA) is 55.4 Å². The molecule has 5 heteroatoms. The van der Waals surface area contributed by atoms with E-state index in [0.717, 1.165) is 26.2 Å². The minimum Gasteiger partial charge on any atom is -0.379 e. The zero-order chi connectivity index (χ0) is 11.4. The summed E-state index contributed by atoms with van der Waals surface area (Å²) in [5.41, 5.74) is 0.0516. The Morgan fingerprint density at radius 2 is 2.20 bits per heavy atom. The van der Waals surface area contributed by atoms with E-state index in [-0.39, 0.29) is 17.0 Å². The summed E-state index contributed by atoms with van der Waals surface area (Å²) >= 11 is 0. The number of nitrogens with one attached hydrogen (secondary N) is 1. The summed E-state index contributed by atoms with van der Waals surface area (Å²) < 4.78 is 27.7. The third-order valence-corrected chi connectivity index (χ3v) is 4.63. The van der Waals surface area contributed by atoms with E-state index in [0.29, 0.717) is 6.42 Å². The lowest BCUT2D eigenvalue weighted by Gasteiger charge is -2.23. The Labute approximate surface area is 92.3 Å². The molecule has 90 valence electrons. The Bertz CT molecular complexity index is 281. The Kier molecular flexibility index (Phi) is 4.55. The van der Waals surface area contributed by atoms with E-state index in [1.807, 2.05) is 0 Å². The monoisotopic (exact) mass is 235 g/mol. The second-order valence-electron chi connectivity index (χ2n) is 4.38. The van der Waals surface area contributed by atoms with Crippen molar-refractivity contribution in [1.82, 2.24) is 5.32 Å². The Balaban J connectivity index is 2.17. The fourth-order valence-electron chi connectivity index (χ4n) is 1.63. The van der Waals surface area contributed by atoms with Gasteiger partial charge in [0.05, 0.1) is 12.4 Å². The molecule has 15 heavy (non-hydrogen) atoms. The number of rotatable bonds is 6. The highest BCUT2D eigenvalue weighted by atomic mass is 32.2. The highest BCUT2D eigenvalue weighted by Gasteiger charge is 2.28. The van der Waals surface area contributed by atoms with Gasteiger partial charge in [-0.05, 0) is 26.3 Å². The lowest BCUT2D eigenvalue weighted by molar-refractivity contribution is 0.172. The van der Waals surface area contributed by atoms with Crippen LogP contribution >= 0.6 is 0 Å². The van der Waals surface area contributed by atoms with Crippen LogP contribution in [0.2, 0.25) is 0 Å². The van der Waals surface area contributed by atoms with Crippen LogP contribution in [-0.2, 0) is 14.6 Å². The SMILES string of the molecule is CCS(=O)(=O)CCCNC1(C)CCOC1. The molecule has 1 aliphatic heterocycles. The predicted octanol–water partition coefficient (Wildman–Crippen LogP) is 0.580. The molecule has 0 bridgehead atoms. The highest BCUT2D eigenvalue weighted by Crippen LogP contribution is 2.17. The fourth-order valence-corrected chi connectivity index (χ4v) is 2.51. The summed E-state index contributed by atoms with van der Waals surface area (Å²) in [4.78, 5) is 0. The molecule has 1 aliphatic rings. The van der Waals surface area contributed by atoms with Crippen LogP contribution in [0.4, 0.5) is 0 Å². The van der Waals surface area contributed by atoms with Gasteiger partial charge >= 0.3 is 0 Å². The quantitative estimate of drug-likeness (QED) is 0.684. The van der Waals surface area contributed by atoms with Crippen molar-refractivity contribution in [3.05, 3.63) is 0 Å². The lowest BCUT2D eigenvalue weighted by atomic mass is 10.0. The summed E-state index contributed by atoms with van der Waals surface area (Å²) in [7, 11) is -2.81. The van der Waals surface area contributed by atoms with Gasteiger partial charge in [-0.3, -0.25) is 0 Å². The molecule has 1 saturated heterocycles. The Hall–Kier alpha value is -0.130. The van der Waals surface area contributed by atoms with E-state index in [9.17, 15) is 8.42 Å². The van der Waals surface area contributed by atoms with Crippen molar-refractivity contribution >= 4 is 9.84 Å². The Morgan fingerprint density at radius 1 is 1.47 bits per heavy atom. The molecular formula is C10H21NO3S. The van der Waals surface area contributed by atoms with Crippen molar-refractivity contribution in [2.45, 2.75) is 32.2 Å². The average molecular weight is 235 g/mol. The predicted molar refractivity (Wildman–Crippen MR) is 60.8 cm³/mol. The molecule has 1 N–H and O–H groups in total. The van der Waals surface area contributed by atoms with E-state index in [1.54, 1.807) is 6.92 Å². The van der Waals surface area contributed by atoms with Crippen LogP contribution in [0.1, 0.15) is 26.7 Å². The molecular weight excluding hydrogens is 214 g/mol. The normalized spacial score (nSPS) is 27.1. The number of sulfone groups is 1. The molecule has 1 rings (SSSR count). The molecule has 1 fully saturated rings. The summed E-state index contributed by atoms with van der Waals surface area (Å²) in [5, 5.41) is 3.37. The molecule has 4 nitrogen and oxygen atoms in total. The van der Waals surface area contributed by atoms with Crippen LogP contribution in [0.3, 0.4) is 0 Å². The van der Waals surface area contributed by atoms with E-state index in [1.165, 1.54) is 0 Å². The van der Waals surface area contributed by atoms with Crippen molar-refractivity contribution in [1.29, 1.82) is 0 Å². The summed E-state index contributed by atoms with van der Waals surface area (Å²) in [6.45, 7) is 6.09. The molecule has 0 radical (unpaired) electrons. The van der Waals surface area contributed by atoms with Crippen LogP contribution in [0, 0.1) is 0 Å². The first-order chi connectivity index (χ1) is 6.97. The summed E-state index contributed by atoms with van der Waals surface area (Å²) in [6, 6.07) is 0. The lowest BCUT2D eigenvalue weighted by Crippen LogP contribution is -2.43. The molecule has 1 unspecified atom stereocenters. The third kappa shape index (κ3) is 4.49. The zero-order valence-corrected chi connectivity index (χ0v) is 10.4. The number of hydrogen-bond donors (Lipinski definition) is 1. The van der Waals surface area contributed by atoms with Crippen molar-refractivity contribution in [2.75, 3.05) is 31.3 Å². The maximum atomic E-state index is 11.2. The van der Waals surface area contributed by atoms with E-state index in [2.05, 4.69) is 12.2 Å². The molecule has 0 aliphatic carbocycles. The maximum Gasteiger partial charge on any atom is 0.150 e. The second-order valence-corrected chi connectivity index (χ2v) is 6.85. The van der Waals surface area contributed by atoms with E-state index < -0.39 is 9.84 Å². The highest BCUT2D eigenvalue weighted by molar-refractivity contribution is 7.91. The van der Waals surface area contributed by atoms with Crippen molar-refractivity contribution in [2.24, 2.45) is 0 Å². The molecule has 0 spiro atoms. The van der Waals surface area contributed by atoms with Gasteiger partial charge in [-0.15, -0.1) is 0 Å². The van der Waals surface area contributed by atoms with Crippen molar-refractivity contribution < 1.29 is 13.2 Å². The van der Waals surface area contributed by atoms with E-state index >= 15 is 0 Å². The van der Waals surface area contributed by atoms with Crippen LogP contribution < -0.4 is 5.32 Å². The minimum atomic E-state index is -2.81. The van der Waals surface area contributed by atoms with Crippen molar-refractivity contribution in [3.63, 3.8) is 0 Å². The number of hydrogen-bond acceptors (Lipinski definition) is 4. The molecule has 0 amide bonds. The van der Waals surface area contributed by atoms with Gasteiger partial charge in [-0.1, -0.05) is 6.92 Å². The number of ether oxygens (including phenoxy) is 1. The maximum absolute atomic E-state index is 11.2. The molecule has 0 aromatic heterocycles. The minimum absolute atomic E-state index is 0.0516. The largest absolute Gasteiger partial charge is 0.379 e. The molecule has 0 aromatic rings. The molecule has 0 aromatic carbocycles. The van der Waals surface area contributed by atoms with Crippen LogP contribution in [0.15, 0.2) is 0 Å². The van der Waals surface area contributed by atoms with Crippen LogP contribution in [0.25, 0.3) is 0 Å². The van der Waals surface area contributed by atoms with Crippen molar-refractivity contribution in [3.8, 4) is 0 Å². The average Bonchev–Trinajstić information content (AvgIpc) is 2.61.